The zero-order chi connectivity index (χ0) is 17.6. The second-order valence-electron chi connectivity index (χ2n) is 7.10. The number of aryl methyl sites for hydroxylation is 2. The number of likely N-dealkylation sites (tertiary alicyclic amines) is 1. The Kier molecular flexibility index (Phi) is 3.98. The third kappa shape index (κ3) is 2.79. The fraction of sp³-hybridized carbons (Fsp3) is 0.526. The molecule has 0 bridgehead atoms. The fourth-order valence-corrected chi connectivity index (χ4v) is 4.05. The number of fused-ring (bicyclic) bond motifs is 1. The predicted octanol–water partition coefficient (Wildman–Crippen LogP) is 2.62. The first-order chi connectivity index (χ1) is 12.0. The monoisotopic (exact) mass is 340 g/mol. The van der Waals surface area contributed by atoms with Crippen molar-refractivity contribution in [1.82, 2.24) is 19.7 Å². The van der Waals surface area contributed by atoms with Gasteiger partial charge in [-0.3, -0.25) is 4.79 Å². The van der Waals surface area contributed by atoms with Crippen molar-refractivity contribution in [3.63, 3.8) is 0 Å². The van der Waals surface area contributed by atoms with Crippen LogP contribution in [0.5, 0.6) is 5.75 Å². The summed E-state index contributed by atoms with van der Waals surface area (Å²) in [6, 6.07) is 8.13. The Bertz CT molecular complexity index is 800. The summed E-state index contributed by atoms with van der Waals surface area (Å²) in [7, 11) is 0. The lowest BCUT2D eigenvalue weighted by Crippen LogP contribution is -2.47. The molecule has 1 amide bonds. The maximum atomic E-state index is 13.1. The van der Waals surface area contributed by atoms with Crippen molar-refractivity contribution in [3.05, 3.63) is 41.5 Å². The molecule has 132 valence electrons. The first-order valence-electron chi connectivity index (χ1n) is 8.98. The SMILES string of the molecule is Cc1nc(C)n([C@@H]2CCCN(C(=O)[C@H]3Oc4ccccc4[C@@H]3C)C2)n1. The Morgan fingerprint density at radius 2 is 2.08 bits per heavy atom. The highest BCUT2D eigenvalue weighted by Gasteiger charge is 2.40. The standard InChI is InChI=1S/C19H24N4O2/c1-12-16-8-4-5-9-17(16)25-18(12)19(24)22-10-6-7-15(11-22)23-14(3)20-13(2)21-23/h4-5,8-9,12,15,18H,6-7,10-11H2,1-3H3/t12-,15+,18-/m0/s1. The van der Waals surface area contributed by atoms with Gasteiger partial charge in [0.1, 0.15) is 17.4 Å². The molecular weight excluding hydrogens is 316 g/mol. The highest BCUT2D eigenvalue weighted by molar-refractivity contribution is 5.83. The van der Waals surface area contributed by atoms with Gasteiger partial charge in [-0.05, 0) is 32.8 Å². The first-order valence-corrected chi connectivity index (χ1v) is 8.98. The summed E-state index contributed by atoms with van der Waals surface area (Å²) in [6.45, 7) is 7.40. The summed E-state index contributed by atoms with van der Waals surface area (Å²) in [6.07, 6.45) is 1.58. The smallest absolute Gasteiger partial charge is 0.264 e. The van der Waals surface area contributed by atoms with Crippen molar-refractivity contribution in [2.75, 3.05) is 13.1 Å². The van der Waals surface area contributed by atoms with Crippen LogP contribution in [0.2, 0.25) is 0 Å². The molecular formula is C19H24N4O2. The van der Waals surface area contributed by atoms with E-state index in [1.807, 2.05) is 47.7 Å². The molecule has 0 N–H and O–H groups in total. The number of nitrogens with zero attached hydrogens (tertiary/aromatic N) is 4. The van der Waals surface area contributed by atoms with Crippen LogP contribution >= 0.6 is 0 Å². The van der Waals surface area contributed by atoms with Crippen LogP contribution < -0.4 is 4.74 Å². The molecule has 0 unspecified atom stereocenters. The average molecular weight is 340 g/mol. The molecule has 3 atom stereocenters. The van der Waals surface area contributed by atoms with E-state index in [1.165, 1.54) is 0 Å². The first kappa shape index (κ1) is 16.1. The molecule has 25 heavy (non-hydrogen) atoms. The fourth-order valence-electron chi connectivity index (χ4n) is 4.05. The Balaban J connectivity index is 1.50. The van der Waals surface area contributed by atoms with E-state index in [0.29, 0.717) is 6.54 Å². The van der Waals surface area contributed by atoms with Crippen LogP contribution in [0.4, 0.5) is 0 Å². The number of aromatic nitrogens is 3. The lowest BCUT2D eigenvalue weighted by Gasteiger charge is -2.35. The Morgan fingerprint density at radius 3 is 2.80 bits per heavy atom. The minimum atomic E-state index is -0.422. The van der Waals surface area contributed by atoms with Gasteiger partial charge in [-0.25, -0.2) is 9.67 Å². The van der Waals surface area contributed by atoms with Gasteiger partial charge in [0.2, 0.25) is 0 Å². The molecule has 4 rings (SSSR count). The molecule has 2 aliphatic rings. The number of hydrogen-bond donors (Lipinski definition) is 0. The number of para-hydroxylation sites is 1. The van der Waals surface area contributed by atoms with E-state index >= 15 is 0 Å². The van der Waals surface area contributed by atoms with Crippen molar-refractivity contribution in [2.45, 2.75) is 51.7 Å². The van der Waals surface area contributed by atoms with E-state index in [2.05, 4.69) is 17.0 Å². The lowest BCUT2D eigenvalue weighted by molar-refractivity contribution is -0.140. The molecule has 1 saturated heterocycles. The van der Waals surface area contributed by atoms with E-state index in [-0.39, 0.29) is 17.9 Å². The van der Waals surface area contributed by atoms with Crippen molar-refractivity contribution in [1.29, 1.82) is 0 Å². The summed E-state index contributed by atoms with van der Waals surface area (Å²) in [4.78, 5) is 19.4. The van der Waals surface area contributed by atoms with Gasteiger partial charge in [-0.15, -0.1) is 0 Å². The van der Waals surface area contributed by atoms with E-state index in [1.54, 1.807) is 0 Å². The van der Waals surface area contributed by atoms with Gasteiger partial charge in [0.25, 0.3) is 5.91 Å². The largest absolute Gasteiger partial charge is 0.480 e. The molecule has 1 fully saturated rings. The summed E-state index contributed by atoms with van der Waals surface area (Å²) < 4.78 is 7.95. The van der Waals surface area contributed by atoms with E-state index in [9.17, 15) is 4.79 Å². The normalized spacial score (nSPS) is 25.6. The molecule has 0 radical (unpaired) electrons. The molecule has 2 aromatic rings. The minimum Gasteiger partial charge on any atom is -0.480 e. The molecule has 1 aromatic carbocycles. The van der Waals surface area contributed by atoms with Crippen LogP contribution in [0, 0.1) is 13.8 Å². The Hall–Kier alpha value is -2.37. The number of rotatable bonds is 2. The van der Waals surface area contributed by atoms with Gasteiger partial charge < -0.3 is 9.64 Å². The van der Waals surface area contributed by atoms with Gasteiger partial charge in [0.05, 0.1) is 6.04 Å². The highest BCUT2D eigenvalue weighted by Crippen LogP contribution is 2.38. The third-order valence-corrected chi connectivity index (χ3v) is 5.32. The quantitative estimate of drug-likeness (QED) is 0.843. The molecule has 0 spiro atoms. The zero-order valence-electron chi connectivity index (χ0n) is 15.0. The molecule has 3 heterocycles. The van der Waals surface area contributed by atoms with Crippen molar-refractivity contribution in [2.24, 2.45) is 0 Å². The van der Waals surface area contributed by atoms with Crippen LogP contribution in [0.3, 0.4) is 0 Å². The van der Waals surface area contributed by atoms with Crippen LogP contribution in [0.15, 0.2) is 24.3 Å². The molecule has 6 nitrogen and oxygen atoms in total. The molecule has 1 aromatic heterocycles. The summed E-state index contributed by atoms with van der Waals surface area (Å²) in [5.41, 5.74) is 1.12. The second kappa shape index (κ2) is 6.17. The number of piperidine rings is 1. The molecule has 2 aliphatic heterocycles. The van der Waals surface area contributed by atoms with E-state index in [4.69, 9.17) is 4.74 Å². The lowest BCUT2D eigenvalue weighted by atomic mass is 9.96. The number of carbonyl (C=O) groups excluding carboxylic acids is 1. The van der Waals surface area contributed by atoms with Crippen LogP contribution in [0.25, 0.3) is 0 Å². The number of hydrogen-bond acceptors (Lipinski definition) is 4. The van der Waals surface area contributed by atoms with Crippen LogP contribution in [-0.4, -0.2) is 44.8 Å². The van der Waals surface area contributed by atoms with Gasteiger partial charge in [0, 0.05) is 24.6 Å². The number of amides is 1. The van der Waals surface area contributed by atoms with E-state index in [0.717, 1.165) is 42.3 Å². The number of ether oxygens (including phenoxy) is 1. The predicted molar refractivity (Wildman–Crippen MR) is 93.6 cm³/mol. The number of carbonyl (C=O) groups is 1. The minimum absolute atomic E-state index is 0.0828. The van der Waals surface area contributed by atoms with Gasteiger partial charge >= 0.3 is 0 Å². The zero-order valence-corrected chi connectivity index (χ0v) is 15.0. The topological polar surface area (TPSA) is 60.2 Å². The van der Waals surface area contributed by atoms with Crippen LogP contribution in [-0.2, 0) is 4.79 Å². The summed E-state index contributed by atoms with van der Waals surface area (Å²) in [5, 5.41) is 4.51. The highest BCUT2D eigenvalue weighted by atomic mass is 16.5. The van der Waals surface area contributed by atoms with Gasteiger partial charge in [0.15, 0.2) is 6.10 Å². The maximum Gasteiger partial charge on any atom is 0.264 e. The van der Waals surface area contributed by atoms with Crippen molar-refractivity contribution in [3.8, 4) is 5.75 Å². The summed E-state index contributed by atoms with van der Waals surface area (Å²) >= 11 is 0. The number of benzene rings is 1. The molecule has 0 saturated carbocycles. The summed E-state index contributed by atoms with van der Waals surface area (Å²) in [5.74, 6) is 2.70. The van der Waals surface area contributed by atoms with Gasteiger partial charge in [-0.1, -0.05) is 25.1 Å². The Labute approximate surface area is 147 Å². The maximum absolute atomic E-state index is 13.1. The molecule has 6 heteroatoms. The van der Waals surface area contributed by atoms with Crippen molar-refractivity contribution < 1.29 is 9.53 Å². The van der Waals surface area contributed by atoms with E-state index < -0.39 is 6.10 Å². The van der Waals surface area contributed by atoms with Gasteiger partial charge in [-0.2, -0.15) is 5.10 Å². The third-order valence-electron chi connectivity index (χ3n) is 5.32. The average Bonchev–Trinajstić information content (AvgIpc) is 3.14. The second-order valence-corrected chi connectivity index (χ2v) is 7.10. The van der Waals surface area contributed by atoms with Crippen LogP contribution in [0.1, 0.15) is 48.9 Å². The Morgan fingerprint density at radius 1 is 1.28 bits per heavy atom. The van der Waals surface area contributed by atoms with Crippen molar-refractivity contribution >= 4 is 5.91 Å². The molecule has 0 aliphatic carbocycles.